The molecule has 2 aromatic carbocycles. The van der Waals surface area contributed by atoms with Gasteiger partial charge in [0.2, 0.25) is 0 Å². The van der Waals surface area contributed by atoms with Crippen LogP contribution in [0.15, 0.2) is 54.6 Å². The van der Waals surface area contributed by atoms with E-state index in [1.54, 1.807) is 0 Å². The third-order valence-corrected chi connectivity index (χ3v) is 3.08. The Bertz CT molecular complexity index is 498. The predicted octanol–water partition coefficient (Wildman–Crippen LogP) is 3.43. The summed E-state index contributed by atoms with van der Waals surface area (Å²) in [6, 6.07) is 16.6. The fraction of sp³-hybridized carbons (Fsp3) is 0.294. The smallest absolute Gasteiger partial charge is 0.123 e. The molecule has 0 saturated heterocycles. The molecule has 0 aliphatic heterocycles. The highest BCUT2D eigenvalue weighted by atomic mass is 19.1. The molecule has 0 saturated carbocycles. The molecule has 0 fully saturated rings. The summed E-state index contributed by atoms with van der Waals surface area (Å²) in [4.78, 5) is 0. The van der Waals surface area contributed by atoms with Crippen LogP contribution in [0, 0.1) is 5.82 Å². The minimum Gasteiger partial charge on any atom is -0.492 e. The van der Waals surface area contributed by atoms with Gasteiger partial charge in [0.25, 0.3) is 0 Å². The number of rotatable bonds is 7. The molecular weight excluding hydrogens is 253 g/mol. The lowest BCUT2D eigenvalue weighted by atomic mass is 10.1. The summed E-state index contributed by atoms with van der Waals surface area (Å²) in [6.45, 7) is 3.54. The van der Waals surface area contributed by atoms with Gasteiger partial charge in [0.15, 0.2) is 0 Å². The summed E-state index contributed by atoms with van der Waals surface area (Å²) < 4.78 is 18.7. The molecule has 0 aliphatic carbocycles. The van der Waals surface area contributed by atoms with Gasteiger partial charge in [0.05, 0.1) is 0 Å². The van der Waals surface area contributed by atoms with Gasteiger partial charge in [-0.15, -0.1) is 0 Å². The molecule has 0 bridgehead atoms. The zero-order valence-electron chi connectivity index (χ0n) is 11.7. The minimum absolute atomic E-state index is 0.200. The Labute approximate surface area is 119 Å². The molecule has 0 amide bonds. The van der Waals surface area contributed by atoms with Crippen molar-refractivity contribution in [3.8, 4) is 5.75 Å². The number of ether oxygens (including phenoxy) is 1. The van der Waals surface area contributed by atoms with Gasteiger partial charge in [-0.1, -0.05) is 37.3 Å². The monoisotopic (exact) mass is 273 g/mol. The molecule has 0 spiro atoms. The molecule has 0 aromatic heterocycles. The Hall–Kier alpha value is -1.87. The van der Waals surface area contributed by atoms with Crippen molar-refractivity contribution in [2.24, 2.45) is 0 Å². The second-order valence-electron chi connectivity index (χ2n) is 4.71. The summed E-state index contributed by atoms with van der Waals surface area (Å²) in [5.41, 5.74) is 1.11. The molecule has 0 heterocycles. The van der Waals surface area contributed by atoms with Crippen LogP contribution in [0.3, 0.4) is 0 Å². The molecule has 1 atom stereocenters. The minimum atomic E-state index is -0.200. The van der Waals surface area contributed by atoms with Crippen molar-refractivity contribution < 1.29 is 9.13 Å². The van der Waals surface area contributed by atoms with Crippen LogP contribution in [0.1, 0.15) is 12.5 Å². The number of nitrogens with one attached hydrogen (secondary N) is 1. The van der Waals surface area contributed by atoms with Crippen LogP contribution >= 0.6 is 0 Å². The van der Waals surface area contributed by atoms with Crippen LogP contribution < -0.4 is 10.1 Å². The van der Waals surface area contributed by atoms with Crippen LogP contribution in [0.5, 0.6) is 5.75 Å². The van der Waals surface area contributed by atoms with Gasteiger partial charge in [-0.3, -0.25) is 0 Å². The molecule has 20 heavy (non-hydrogen) atoms. The molecule has 2 rings (SSSR count). The Kier molecular flexibility index (Phi) is 5.56. The summed E-state index contributed by atoms with van der Waals surface area (Å²) in [5.74, 6) is 0.670. The maximum absolute atomic E-state index is 12.9. The van der Waals surface area contributed by atoms with Crippen molar-refractivity contribution >= 4 is 0 Å². The number of benzene rings is 2. The summed E-state index contributed by atoms with van der Waals surface area (Å²) in [5, 5.41) is 3.40. The first-order chi connectivity index (χ1) is 9.78. The van der Waals surface area contributed by atoms with E-state index in [0.29, 0.717) is 6.61 Å². The maximum atomic E-state index is 12.9. The van der Waals surface area contributed by atoms with E-state index in [-0.39, 0.29) is 11.9 Å². The lowest BCUT2D eigenvalue weighted by Gasteiger charge is -2.18. The first-order valence-corrected chi connectivity index (χ1v) is 6.93. The zero-order valence-corrected chi connectivity index (χ0v) is 11.7. The van der Waals surface area contributed by atoms with Gasteiger partial charge in [-0.2, -0.15) is 0 Å². The van der Waals surface area contributed by atoms with Crippen molar-refractivity contribution in [1.82, 2.24) is 5.32 Å². The largest absolute Gasteiger partial charge is 0.492 e. The molecule has 2 aromatic rings. The van der Waals surface area contributed by atoms with Crippen LogP contribution in [0.25, 0.3) is 0 Å². The summed E-state index contributed by atoms with van der Waals surface area (Å²) in [7, 11) is 0. The van der Waals surface area contributed by atoms with Crippen LogP contribution in [-0.4, -0.2) is 19.2 Å². The van der Waals surface area contributed by atoms with Gasteiger partial charge in [-0.25, -0.2) is 4.39 Å². The summed E-state index contributed by atoms with van der Waals surface area (Å²) >= 11 is 0. The first kappa shape index (κ1) is 14.5. The quantitative estimate of drug-likeness (QED) is 0.834. The van der Waals surface area contributed by atoms with Gasteiger partial charge in [0.1, 0.15) is 18.2 Å². The maximum Gasteiger partial charge on any atom is 0.123 e. The lowest BCUT2D eigenvalue weighted by Crippen LogP contribution is -2.36. The second-order valence-corrected chi connectivity index (χ2v) is 4.71. The van der Waals surface area contributed by atoms with E-state index < -0.39 is 0 Å². The second kappa shape index (κ2) is 7.65. The third kappa shape index (κ3) is 4.67. The van der Waals surface area contributed by atoms with E-state index in [0.717, 1.165) is 24.3 Å². The molecule has 0 aliphatic rings. The lowest BCUT2D eigenvalue weighted by molar-refractivity contribution is 0.265. The molecule has 106 valence electrons. The summed E-state index contributed by atoms with van der Waals surface area (Å²) in [6.07, 6.45) is 0.820. The van der Waals surface area contributed by atoms with Crippen LogP contribution in [-0.2, 0) is 6.42 Å². The van der Waals surface area contributed by atoms with Gasteiger partial charge in [0, 0.05) is 6.04 Å². The Morgan fingerprint density at radius 3 is 2.40 bits per heavy atom. The predicted molar refractivity (Wildman–Crippen MR) is 79.5 cm³/mol. The van der Waals surface area contributed by atoms with E-state index in [1.165, 1.54) is 12.1 Å². The molecule has 3 heteroatoms. The van der Waals surface area contributed by atoms with E-state index in [2.05, 4.69) is 12.2 Å². The average Bonchev–Trinajstić information content (AvgIpc) is 2.48. The highest BCUT2D eigenvalue weighted by Crippen LogP contribution is 2.11. The highest BCUT2D eigenvalue weighted by molar-refractivity contribution is 5.21. The SMILES string of the molecule is CCNC(COc1ccccc1)Cc1ccc(F)cc1. The first-order valence-electron chi connectivity index (χ1n) is 6.93. The Balaban J connectivity index is 1.91. The van der Waals surface area contributed by atoms with Crippen molar-refractivity contribution in [3.05, 3.63) is 66.0 Å². The van der Waals surface area contributed by atoms with Crippen LogP contribution in [0.2, 0.25) is 0 Å². The van der Waals surface area contributed by atoms with Crippen LogP contribution in [0.4, 0.5) is 4.39 Å². The number of hydrogen-bond donors (Lipinski definition) is 1. The van der Waals surface area contributed by atoms with E-state index in [1.807, 2.05) is 42.5 Å². The van der Waals surface area contributed by atoms with Crippen molar-refractivity contribution in [3.63, 3.8) is 0 Å². The topological polar surface area (TPSA) is 21.3 Å². The van der Waals surface area contributed by atoms with Crippen molar-refractivity contribution in [1.29, 1.82) is 0 Å². The molecule has 1 unspecified atom stereocenters. The number of halogens is 1. The molecule has 2 nitrogen and oxygen atoms in total. The Morgan fingerprint density at radius 1 is 1.05 bits per heavy atom. The van der Waals surface area contributed by atoms with Gasteiger partial charge < -0.3 is 10.1 Å². The molecule has 1 N–H and O–H groups in total. The molecular formula is C17H20FNO. The average molecular weight is 273 g/mol. The van der Waals surface area contributed by atoms with E-state index >= 15 is 0 Å². The third-order valence-electron chi connectivity index (χ3n) is 3.08. The fourth-order valence-corrected chi connectivity index (χ4v) is 2.10. The van der Waals surface area contributed by atoms with E-state index in [4.69, 9.17) is 4.74 Å². The van der Waals surface area contributed by atoms with Gasteiger partial charge >= 0.3 is 0 Å². The number of likely N-dealkylation sites (N-methyl/N-ethyl adjacent to an activating group) is 1. The molecule has 0 radical (unpaired) electrons. The van der Waals surface area contributed by atoms with E-state index in [9.17, 15) is 4.39 Å². The number of hydrogen-bond acceptors (Lipinski definition) is 2. The highest BCUT2D eigenvalue weighted by Gasteiger charge is 2.09. The van der Waals surface area contributed by atoms with Gasteiger partial charge in [-0.05, 0) is 42.8 Å². The fourth-order valence-electron chi connectivity index (χ4n) is 2.10. The van der Waals surface area contributed by atoms with Crippen molar-refractivity contribution in [2.75, 3.05) is 13.2 Å². The number of para-hydroxylation sites is 1. The standard InChI is InChI=1S/C17H20FNO/c1-2-19-16(12-14-8-10-15(18)11-9-14)13-20-17-6-4-3-5-7-17/h3-11,16,19H,2,12-13H2,1H3. The Morgan fingerprint density at radius 2 is 1.75 bits per heavy atom. The van der Waals surface area contributed by atoms with Crippen molar-refractivity contribution in [2.45, 2.75) is 19.4 Å². The zero-order chi connectivity index (χ0) is 14.2. The normalized spacial score (nSPS) is 12.1.